The summed E-state index contributed by atoms with van der Waals surface area (Å²) < 4.78 is 0. The van der Waals surface area contributed by atoms with Crippen LogP contribution >= 0.6 is 0 Å². The zero-order valence-corrected chi connectivity index (χ0v) is 15.4. The molecule has 27 heavy (non-hydrogen) atoms. The first-order valence-electron chi connectivity index (χ1n) is 10.0. The molecule has 2 aliphatic rings. The highest BCUT2D eigenvalue weighted by atomic mass is 16.2. The lowest BCUT2D eigenvalue weighted by molar-refractivity contribution is 0.599. The summed E-state index contributed by atoms with van der Waals surface area (Å²) in [5, 5.41) is 3.43. The third-order valence-corrected chi connectivity index (χ3v) is 6.24. The van der Waals surface area contributed by atoms with E-state index in [1.807, 2.05) is 12.1 Å². The Morgan fingerprint density at radius 3 is 2.44 bits per heavy atom. The molecule has 3 aromatic carbocycles. The van der Waals surface area contributed by atoms with Crippen LogP contribution in [0.25, 0.3) is 11.1 Å². The quantitative estimate of drug-likeness (QED) is 0.710. The van der Waals surface area contributed by atoms with E-state index in [4.69, 9.17) is 0 Å². The smallest absolute Gasteiger partial charge is 0.250 e. The largest absolute Gasteiger partial charge is 0.374 e. The summed E-state index contributed by atoms with van der Waals surface area (Å²) in [6.07, 6.45) is 7.78. The predicted octanol–water partition coefficient (Wildman–Crippen LogP) is 4.32. The Labute approximate surface area is 158 Å². The lowest BCUT2D eigenvalue weighted by atomic mass is 9.86. The van der Waals surface area contributed by atoms with E-state index in [0.717, 1.165) is 37.7 Å². The van der Waals surface area contributed by atoms with Gasteiger partial charge in [0.25, 0.3) is 0 Å². The van der Waals surface area contributed by atoms with E-state index in [9.17, 15) is 9.59 Å². The molecule has 0 fully saturated rings. The summed E-state index contributed by atoms with van der Waals surface area (Å²) in [5.74, 6) is 0. The molecule has 3 nitrogen and oxygen atoms in total. The molecule has 0 aliphatic heterocycles. The van der Waals surface area contributed by atoms with E-state index in [1.165, 1.54) is 35.1 Å². The Balaban J connectivity index is 1.51. The van der Waals surface area contributed by atoms with Gasteiger partial charge in [-0.15, -0.1) is 0 Å². The number of aryl methyl sites for hydroxylation is 3. The fourth-order valence-corrected chi connectivity index (χ4v) is 4.77. The molecule has 0 aromatic heterocycles. The number of hydrogen-bond donors (Lipinski definition) is 1. The van der Waals surface area contributed by atoms with E-state index in [1.54, 1.807) is 0 Å². The molecule has 3 heteroatoms. The second-order valence-electron chi connectivity index (χ2n) is 7.89. The molecule has 0 heterocycles. The fraction of sp³-hybridized carbons (Fsp3) is 0.333. The highest BCUT2D eigenvalue weighted by Gasteiger charge is 2.27. The molecule has 0 amide bonds. The standard InChI is InChI=1S/C24H23NO2/c26-23-21(18-13-12-15-6-1-2-8-17(15)14-18)22(24(23)27)25-20-11-5-9-16-7-3-4-10-19(16)20/h3-4,7,10,12-14,20,25H,1-2,5-6,8-9,11H2/t20-/m1/s1. The second-order valence-corrected chi connectivity index (χ2v) is 7.89. The van der Waals surface area contributed by atoms with Gasteiger partial charge in [0.15, 0.2) is 0 Å². The molecule has 1 N–H and O–H groups in total. The number of rotatable bonds is 3. The van der Waals surface area contributed by atoms with Gasteiger partial charge < -0.3 is 5.32 Å². The average Bonchev–Trinajstić information content (AvgIpc) is 2.73. The van der Waals surface area contributed by atoms with Crippen molar-refractivity contribution in [3.63, 3.8) is 0 Å². The normalized spacial score (nSPS) is 18.7. The molecule has 0 spiro atoms. The van der Waals surface area contributed by atoms with Crippen molar-refractivity contribution in [2.75, 3.05) is 5.32 Å². The van der Waals surface area contributed by atoms with Gasteiger partial charge in [0.2, 0.25) is 10.9 Å². The molecule has 0 unspecified atom stereocenters. The Morgan fingerprint density at radius 1 is 0.778 bits per heavy atom. The SMILES string of the molecule is O=c1c(N[C@@H]2CCCc3ccccc32)c(-c2ccc3c(c2)CCCC3)c1=O. The summed E-state index contributed by atoms with van der Waals surface area (Å²) in [6.45, 7) is 0. The van der Waals surface area contributed by atoms with E-state index < -0.39 is 0 Å². The zero-order valence-electron chi connectivity index (χ0n) is 15.4. The van der Waals surface area contributed by atoms with Gasteiger partial charge in [0.1, 0.15) is 0 Å². The van der Waals surface area contributed by atoms with Crippen molar-refractivity contribution < 1.29 is 0 Å². The van der Waals surface area contributed by atoms with E-state index in [0.29, 0.717) is 11.3 Å². The number of hydrogen-bond acceptors (Lipinski definition) is 3. The van der Waals surface area contributed by atoms with Crippen LogP contribution < -0.4 is 16.2 Å². The Bertz CT molecular complexity index is 1090. The molecule has 0 radical (unpaired) electrons. The number of nitrogens with one attached hydrogen (secondary N) is 1. The van der Waals surface area contributed by atoms with Crippen LogP contribution in [-0.4, -0.2) is 0 Å². The summed E-state index contributed by atoms with van der Waals surface area (Å²) in [4.78, 5) is 24.7. The van der Waals surface area contributed by atoms with Crippen molar-refractivity contribution in [1.29, 1.82) is 0 Å². The lowest BCUT2D eigenvalue weighted by Crippen LogP contribution is -2.37. The van der Waals surface area contributed by atoms with Crippen LogP contribution in [0.15, 0.2) is 52.1 Å². The fourth-order valence-electron chi connectivity index (χ4n) is 4.77. The molecule has 3 aromatic rings. The zero-order chi connectivity index (χ0) is 18.4. The van der Waals surface area contributed by atoms with Crippen LogP contribution in [0, 0.1) is 0 Å². The summed E-state index contributed by atoms with van der Waals surface area (Å²) in [6, 6.07) is 14.8. The van der Waals surface area contributed by atoms with Gasteiger partial charge >= 0.3 is 0 Å². The first-order valence-corrected chi connectivity index (χ1v) is 10.0. The van der Waals surface area contributed by atoms with Crippen LogP contribution in [0.3, 0.4) is 0 Å². The highest BCUT2D eigenvalue weighted by molar-refractivity contribution is 5.82. The van der Waals surface area contributed by atoms with Crippen LogP contribution in [0.1, 0.15) is 54.0 Å². The monoisotopic (exact) mass is 357 g/mol. The van der Waals surface area contributed by atoms with Gasteiger partial charge in [-0.3, -0.25) is 9.59 Å². The van der Waals surface area contributed by atoms with E-state index in [-0.39, 0.29) is 16.9 Å². The Kier molecular flexibility index (Phi) is 3.96. The maximum absolute atomic E-state index is 12.4. The van der Waals surface area contributed by atoms with Crippen molar-refractivity contribution in [3.8, 4) is 11.1 Å². The van der Waals surface area contributed by atoms with Gasteiger partial charge in [-0.1, -0.05) is 42.5 Å². The van der Waals surface area contributed by atoms with Crippen molar-refractivity contribution >= 4 is 5.69 Å². The topological polar surface area (TPSA) is 46.2 Å². The van der Waals surface area contributed by atoms with Crippen LogP contribution in [0.4, 0.5) is 5.69 Å². The molecule has 0 saturated carbocycles. The van der Waals surface area contributed by atoms with Gasteiger partial charge in [-0.2, -0.15) is 0 Å². The predicted molar refractivity (Wildman–Crippen MR) is 109 cm³/mol. The minimum Gasteiger partial charge on any atom is -0.374 e. The average molecular weight is 357 g/mol. The first-order chi connectivity index (χ1) is 13.2. The van der Waals surface area contributed by atoms with E-state index in [2.05, 4.69) is 35.6 Å². The first kappa shape index (κ1) is 16.5. The molecule has 5 rings (SSSR count). The number of anilines is 1. The molecular formula is C24H23NO2. The molecule has 0 saturated heterocycles. The van der Waals surface area contributed by atoms with Crippen LogP contribution in [0.5, 0.6) is 0 Å². The minimum atomic E-state index is -0.370. The molecular weight excluding hydrogens is 334 g/mol. The Hall–Kier alpha value is -2.68. The maximum Gasteiger partial charge on any atom is 0.250 e. The second kappa shape index (κ2) is 6.49. The van der Waals surface area contributed by atoms with Crippen LogP contribution in [0.2, 0.25) is 0 Å². The number of benzene rings is 2. The third-order valence-electron chi connectivity index (χ3n) is 6.24. The molecule has 1 atom stereocenters. The summed E-state index contributed by atoms with van der Waals surface area (Å²) in [7, 11) is 0. The van der Waals surface area contributed by atoms with Crippen molar-refractivity contribution in [2.24, 2.45) is 0 Å². The van der Waals surface area contributed by atoms with Crippen LogP contribution in [-0.2, 0) is 19.3 Å². The van der Waals surface area contributed by atoms with Gasteiger partial charge in [0, 0.05) is 0 Å². The van der Waals surface area contributed by atoms with Gasteiger partial charge in [0.05, 0.1) is 17.3 Å². The molecule has 136 valence electrons. The highest BCUT2D eigenvalue weighted by Crippen LogP contribution is 2.35. The number of fused-ring (bicyclic) bond motifs is 2. The van der Waals surface area contributed by atoms with Gasteiger partial charge in [-0.05, 0) is 72.8 Å². The minimum absolute atomic E-state index is 0.106. The lowest BCUT2D eigenvalue weighted by Gasteiger charge is -2.28. The van der Waals surface area contributed by atoms with Crippen molar-refractivity contribution in [3.05, 3.63) is 85.2 Å². The Morgan fingerprint density at radius 2 is 1.56 bits per heavy atom. The molecule has 0 bridgehead atoms. The maximum atomic E-state index is 12.4. The summed E-state index contributed by atoms with van der Waals surface area (Å²) >= 11 is 0. The summed E-state index contributed by atoms with van der Waals surface area (Å²) in [5.41, 5.74) is 6.59. The van der Waals surface area contributed by atoms with Crippen molar-refractivity contribution in [2.45, 2.75) is 51.0 Å². The van der Waals surface area contributed by atoms with E-state index >= 15 is 0 Å². The van der Waals surface area contributed by atoms with Crippen molar-refractivity contribution in [1.82, 2.24) is 0 Å². The van der Waals surface area contributed by atoms with Gasteiger partial charge in [-0.25, -0.2) is 0 Å². The molecule has 2 aliphatic carbocycles. The third kappa shape index (κ3) is 2.73.